The summed E-state index contributed by atoms with van der Waals surface area (Å²) in [6.07, 6.45) is 7.78. The van der Waals surface area contributed by atoms with Crippen molar-refractivity contribution in [3.63, 3.8) is 0 Å². The van der Waals surface area contributed by atoms with Gasteiger partial charge in [-0.2, -0.15) is 0 Å². The zero-order chi connectivity index (χ0) is 15.1. The third-order valence-corrected chi connectivity index (χ3v) is 4.09. The number of hydrogen-bond acceptors (Lipinski definition) is 3. The highest BCUT2D eigenvalue weighted by atomic mass is 16.3. The number of aliphatic hydroxyl groups is 1. The molecule has 2 N–H and O–H groups in total. The molecule has 0 aliphatic carbocycles. The smallest absolute Gasteiger partial charge is 0.317 e. The zero-order valence-corrected chi connectivity index (χ0v) is 12.8. The summed E-state index contributed by atoms with van der Waals surface area (Å²) in [7, 11) is 0. The molecule has 21 heavy (non-hydrogen) atoms. The first kappa shape index (κ1) is 15.8. The lowest BCUT2D eigenvalue weighted by atomic mass is 9.99. The molecule has 2 amide bonds. The third-order valence-electron chi connectivity index (χ3n) is 4.09. The van der Waals surface area contributed by atoms with E-state index < -0.39 is 0 Å². The van der Waals surface area contributed by atoms with Crippen molar-refractivity contribution in [2.45, 2.75) is 39.2 Å². The Morgan fingerprint density at radius 3 is 3.10 bits per heavy atom. The van der Waals surface area contributed by atoms with Gasteiger partial charge in [0.1, 0.15) is 5.82 Å². The summed E-state index contributed by atoms with van der Waals surface area (Å²) < 4.78 is 2.12. The molecule has 1 aromatic rings. The number of aliphatic hydroxyl groups excluding tert-OH is 1. The molecule has 0 bridgehead atoms. The molecule has 2 rings (SSSR count). The summed E-state index contributed by atoms with van der Waals surface area (Å²) in [6, 6.07) is 0.00645. The van der Waals surface area contributed by atoms with E-state index in [2.05, 4.69) is 14.9 Å². The van der Waals surface area contributed by atoms with Crippen LogP contribution in [0.5, 0.6) is 0 Å². The lowest BCUT2D eigenvalue weighted by molar-refractivity contribution is 0.129. The number of amides is 2. The number of unbranched alkanes of at least 4 members (excludes halogenated alkanes) is 1. The number of urea groups is 1. The van der Waals surface area contributed by atoms with E-state index in [4.69, 9.17) is 0 Å². The highest BCUT2D eigenvalue weighted by Crippen LogP contribution is 2.15. The van der Waals surface area contributed by atoms with E-state index in [1.54, 1.807) is 0 Å². The molecule has 6 heteroatoms. The van der Waals surface area contributed by atoms with E-state index in [0.717, 1.165) is 44.6 Å². The molecule has 0 saturated carbocycles. The van der Waals surface area contributed by atoms with Crippen LogP contribution >= 0.6 is 0 Å². The summed E-state index contributed by atoms with van der Waals surface area (Å²) in [5.74, 6) is 1.27. The van der Waals surface area contributed by atoms with E-state index >= 15 is 0 Å². The first-order chi connectivity index (χ1) is 10.2. The maximum absolute atomic E-state index is 12.0. The Bertz CT molecular complexity index is 447. The summed E-state index contributed by atoms with van der Waals surface area (Å²) in [5, 5.41) is 12.2. The number of rotatable bonds is 6. The fourth-order valence-corrected chi connectivity index (χ4v) is 2.75. The molecule has 118 valence electrons. The van der Waals surface area contributed by atoms with Gasteiger partial charge in [-0.3, -0.25) is 0 Å². The van der Waals surface area contributed by atoms with Crippen molar-refractivity contribution in [2.75, 3.05) is 26.2 Å². The van der Waals surface area contributed by atoms with E-state index in [1.807, 2.05) is 24.2 Å². The fourth-order valence-electron chi connectivity index (χ4n) is 2.75. The van der Waals surface area contributed by atoms with Crippen molar-refractivity contribution in [2.24, 2.45) is 5.92 Å². The molecule has 1 saturated heterocycles. The largest absolute Gasteiger partial charge is 0.396 e. The number of nitrogens with zero attached hydrogens (tertiary/aromatic N) is 3. The normalized spacial score (nSPS) is 18.8. The van der Waals surface area contributed by atoms with Gasteiger partial charge in [-0.05, 0) is 38.5 Å². The second-order valence-electron chi connectivity index (χ2n) is 5.74. The highest BCUT2D eigenvalue weighted by Gasteiger charge is 2.22. The maximum Gasteiger partial charge on any atom is 0.317 e. The molecule has 0 aromatic carbocycles. The molecular weight excluding hydrogens is 268 g/mol. The number of likely N-dealkylation sites (tertiary alicyclic amines) is 1. The number of nitrogens with one attached hydrogen (secondary N) is 1. The van der Waals surface area contributed by atoms with Crippen LogP contribution in [0.2, 0.25) is 0 Å². The van der Waals surface area contributed by atoms with E-state index in [0.29, 0.717) is 13.1 Å². The molecule has 6 nitrogen and oxygen atoms in total. The van der Waals surface area contributed by atoms with Crippen molar-refractivity contribution in [1.82, 2.24) is 19.8 Å². The predicted octanol–water partition coefficient (Wildman–Crippen LogP) is 1.39. The summed E-state index contributed by atoms with van der Waals surface area (Å²) in [5.41, 5.74) is 0. The molecule has 1 aromatic heterocycles. The Labute approximate surface area is 126 Å². The molecule has 1 aliphatic rings. The molecule has 1 fully saturated rings. The highest BCUT2D eigenvalue weighted by molar-refractivity contribution is 5.74. The van der Waals surface area contributed by atoms with Crippen LogP contribution in [0.1, 0.15) is 31.5 Å². The number of aromatic nitrogens is 2. The number of carbonyl (C=O) groups excluding carboxylic acids is 1. The number of aryl methyl sites for hydroxylation is 2. The van der Waals surface area contributed by atoms with Gasteiger partial charge in [0.2, 0.25) is 0 Å². The Hall–Kier alpha value is -1.56. The standard InChI is InChI=1S/C15H26N4O2/c1-13-16-7-10-18(13)8-3-2-6-17-15(21)19-9-4-5-14(11-19)12-20/h7,10,14,20H,2-6,8-9,11-12H2,1H3,(H,17,21). The first-order valence-electron chi connectivity index (χ1n) is 7.82. The van der Waals surface area contributed by atoms with Gasteiger partial charge in [0.15, 0.2) is 0 Å². The van der Waals surface area contributed by atoms with Gasteiger partial charge in [-0.15, -0.1) is 0 Å². The van der Waals surface area contributed by atoms with Gasteiger partial charge in [-0.1, -0.05) is 0 Å². The molecule has 1 aliphatic heterocycles. The average molecular weight is 294 g/mol. The minimum Gasteiger partial charge on any atom is -0.396 e. The Kier molecular flexibility index (Phi) is 6.04. The van der Waals surface area contributed by atoms with Crippen molar-refractivity contribution in [3.05, 3.63) is 18.2 Å². The number of imidazole rings is 1. The predicted molar refractivity (Wildman–Crippen MR) is 81.0 cm³/mol. The SMILES string of the molecule is Cc1nccn1CCCCNC(=O)N1CCCC(CO)C1. The fraction of sp³-hybridized carbons (Fsp3) is 0.733. The Morgan fingerprint density at radius 2 is 2.38 bits per heavy atom. The van der Waals surface area contributed by atoms with Gasteiger partial charge in [0, 0.05) is 45.2 Å². The lowest BCUT2D eigenvalue weighted by Crippen LogP contribution is -2.46. The van der Waals surface area contributed by atoms with E-state index in [1.165, 1.54) is 0 Å². The second-order valence-corrected chi connectivity index (χ2v) is 5.74. The van der Waals surface area contributed by atoms with Crippen LogP contribution in [0.25, 0.3) is 0 Å². The van der Waals surface area contributed by atoms with Crippen LogP contribution in [-0.2, 0) is 6.54 Å². The molecule has 1 unspecified atom stereocenters. The Morgan fingerprint density at radius 1 is 1.52 bits per heavy atom. The van der Waals surface area contributed by atoms with Gasteiger partial charge >= 0.3 is 6.03 Å². The van der Waals surface area contributed by atoms with Crippen LogP contribution < -0.4 is 5.32 Å². The number of carbonyl (C=O) groups is 1. The van der Waals surface area contributed by atoms with Gasteiger partial charge in [0.25, 0.3) is 0 Å². The van der Waals surface area contributed by atoms with Gasteiger partial charge < -0.3 is 19.9 Å². The summed E-state index contributed by atoms with van der Waals surface area (Å²) in [6.45, 7) is 5.29. The maximum atomic E-state index is 12.0. The zero-order valence-electron chi connectivity index (χ0n) is 12.8. The van der Waals surface area contributed by atoms with E-state index in [9.17, 15) is 9.90 Å². The molecule has 2 heterocycles. The van der Waals surface area contributed by atoms with Crippen molar-refractivity contribution >= 4 is 6.03 Å². The monoisotopic (exact) mass is 294 g/mol. The summed E-state index contributed by atoms with van der Waals surface area (Å²) in [4.78, 5) is 18.0. The minimum absolute atomic E-state index is 0.00645. The molecular formula is C15H26N4O2. The van der Waals surface area contributed by atoms with Crippen LogP contribution in [0.4, 0.5) is 4.79 Å². The number of piperidine rings is 1. The molecule has 0 spiro atoms. The van der Waals surface area contributed by atoms with Gasteiger partial charge in [0.05, 0.1) is 0 Å². The first-order valence-corrected chi connectivity index (χ1v) is 7.82. The molecule has 1 atom stereocenters. The molecule has 0 radical (unpaired) electrons. The number of hydrogen-bond donors (Lipinski definition) is 2. The quantitative estimate of drug-likeness (QED) is 0.779. The van der Waals surface area contributed by atoms with Crippen molar-refractivity contribution in [1.29, 1.82) is 0 Å². The second kappa shape index (κ2) is 8.02. The van der Waals surface area contributed by atoms with Crippen molar-refractivity contribution in [3.8, 4) is 0 Å². The van der Waals surface area contributed by atoms with Crippen molar-refractivity contribution < 1.29 is 9.90 Å². The lowest BCUT2D eigenvalue weighted by Gasteiger charge is -2.31. The van der Waals surface area contributed by atoms with Crippen LogP contribution in [-0.4, -0.2) is 51.8 Å². The van der Waals surface area contributed by atoms with Crippen LogP contribution in [0, 0.1) is 12.8 Å². The van der Waals surface area contributed by atoms with Gasteiger partial charge in [-0.25, -0.2) is 9.78 Å². The topological polar surface area (TPSA) is 70.4 Å². The van der Waals surface area contributed by atoms with Crippen LogP contribution in [0.3, 0.4) is 0 Å². The average Bonchev–Trinajstić information content (AvgIpc) is 2.92. The van der Waals surface area contributed by atoms with Crippen LogP contribution in [0.15, 0.2) is 12.4 Å². The van der Waals surface area contributed by atoms with E-state index in [-0.39, 0.29) is 18.6 Å². The Balaban J connectivity index is 1.60. The summed E-state index contributed by atoms with van der Waals surface area (Å²) >= 11 is 0. The third kappa shape index (κ3) is 4.74. The minimum atomic E-state index is 0.00645.